The molecule has 4 aromatic heterocycles. The van der Waals surface area contributed by atoms with Crippen molar-refractivity contribution in [3.63, 3.8) is 0 Å². The molecule has 0 amide bonds. The van der Waals surface area contributed by atoms with E-state index in [0.717, 1.165) is 44.0 Å². The third kappa shape index (κ3) is 3.30. The lowest BCUT2D eigenvalue weighted by atomic mass is 10.0. The Morgan fingerprint density at radius 3 is 2.23 bits per heavy atom. The molecule has 5 heteroatoms. The molecule has 0 unspecified atom stereocenters. The number of rotatable bonds is 2. The van der Waals surface area contributed by atoms with Gasteiger partial charge >= 0.3 is 0 Å². The lowest BCUT2D eigenvalue weighted by Crippen LogP contribution is -2.04. The van der Waals surface area contributed by atoms with Gasteiger partial charge in [-0.05, 0) is 53.2 Å². The van der Waals surface area contributed by atoms with Crippen LogP contribution in [0.5, 0.6) is 0 Å². The summed E-state index contributed by atoms with van der Waals surface area (Å²) in [6, 6.07) is 43.3. The van der Waals surface area contributed by atoms with Crippen molar-refractivity contribution < 1.29 is 0 Å². The second-order valence-corrected chi connectivity index (χ2v) is 12.3. The summed E-state index contributed by atoms with van der Waals surface area (Å²) in [5, 5.41) is 10.8. The molecule has 4 nitrogen and oxygen atoms in total. The third-order valence-corrected chi connectivity index (χ3v) is 10.1. The van der Waals surface area contributed by atoms with E-state index in [4.69, 9.17) is 9.97 Å². The Morgan fingerprint density at radius 2 is 1.32 bits per heavy atom. The molecule has 0 saturated carbocycles. The zero-order valence-electron chi connectivity index (χ0n) is 23.4. The summed E-state index contributed by atoms with van der Waals surface area (Å²) in [6.07, 6.45) is 3.69. The van der Waals surface area contributed by atoms with Crippen molar-refractivity contribution in [2.45, 2.75) is 0 Å². The maximum atomic E-state index is 5.32. The Hall–Kier alpha value is -5.65. The number of para-hydroxylation sites is 1. The van der Waals surface area contributed by atoms with Crippen LogP contribution in [0, 0.1) is 0 Å². The highest BCUT2D eigenvalue weighted by molar-refractivity contribution is 7.26. The summed E-state index contributed by atoms with van der Waals surface area (Å²) in [5.41, 5.74) is 4.96. The quantitative estimate of drug-likeness (QED) is 0.192. The molecule has 6 aromatic carbocycles. The second-order valence-electron chi connectivity index (χ2n) is 11.3. The number of pyridine rings is 1. The van der Waals surface area contributed by atoms with Gasteiger partial charge in [0.2, 0.25) is 5.95 Å². The number of fused-ring (bicyclic) bond motifs is 11. The number of aromatic nitrogens is 4. The van der Waals surface area contributed by atoms with Crippen LogP contribution in [0.4, 0.5) is 0 Å². The van der Waals surface area contributed by atoms with Crippen LogP contribution in [0.2, 0.25) is 0 Å². The standard InChI is InChI=1S/C39H22N4S/c1-2-10-26-23(8-1)15-18-30-36(25-9-7-19-40-22-25)41-39(42-37(26)30)43-33-13-5-3-11-27(33)32-21-31-24(20-34(32)43)16-17-29-28-12-4-6-14-35(28)44-38(29)31/h1-22H. The van der Waals surface area contributed by atoms with Gasteiger partial charge in [-0.1, -0.05) is 78.9 Å². The van der Waals surface area contributed by atoms with Gasteiger partial charge in [-0.2, -0.15) is 0 Å². The van der Waals surface area contributed by atoms with Crippen LogP contribution in [0.3, 0.4) is 0 Å². The van der Waals surface area contributed by atoms with Gasteiger partial charge in [-0.15, -0.1) is 11.3 Å². The number of benzene rings is 6. The van der Waals surface area contributed by atoms with Crippen LogP contribution in [0.25, 0.3) is 91.6 Å². The van der Waals surface area contributed by atoms with E-state index in [1.54, 1.807) is 6.20 Å². The molecule has 0 aliphatic heterocycles. The Labute approximate surface area is 255 Å². The first-order valence-electron chi connectivity index (χ1n) is 14.7. The fourth-order valence-corrected chi connectivity index (χ4v) is 8.09. The zero-order chi connectivity index (χ0) is 28.8. The van der Waals surface area contributed by atoms with Gasteiger partial charge in [0, 0.05) is 65.1 Å². The lowest BCUT2D eigenvalue weighted by molar-refractivity contribution is 1.02. The summed E-state index contributed by atoms with van der Waals surface area (Å²) in [6.45, 7) is 0. The summed E-state index contributed by atoms with van der Waals surface area (Å²) in [4.78, 5) is 15.0. The van der Waals surface area contributed by atoms with Crippen molar-refractivity contribution in [3.05, 3.63) is 134 Å². The molecular weight excluding hydrogens is 557 g/mol. The highest BCUT2D eigenvalue weighted by atomic mass is 32.1. The van der Waals surface area contributed by atoms with Crippen molar-refractivity contribution in [3.8, 4) is 17.2 Å². The molecule has 0 N–H and O–H groups in total. The number of nitrogens with zero attached hydrogens (tertiary/aromatic N) is 4. The maximum absolute atomic E-state index is 5.32. The monoisotopic (exact) mass is 578 g/mol. The van der Waals surface area contributed by atoms with Crippen molar-refractivity contribution in [2.24, 2.45) is 0 Å². The van der Waals surface area contributed by atoms with Crippen molar-refractivity contribution in [2.75, 3.05) is 0 Å². The number of hydrogen-bond donors (Lipinski definition) is 0. The smallest absolute Gasteiger partial charge is 0.235 e. The van der Waals surface area contributed by atoms with Crippen molar-refractivity contribution in [1.29, 1.82) is 0 Å². The average molecular weight is 579 g/mol. The molecule has 0 fully saturated rings. The maximum Gasteiger partial charge on any atom is 0.235 e. The van der Waals surface area contributed by atoms with Crippen LogP contribution < -0.4 is 0 Å². The van der Waals surface area contributed by atoms with E-state index in [1.807, 2.05) is 23.6 Å². The van der Waals surface area contributed by atoms with Crippen LogP contribution in [0.1, 0.15) is 0 Å². The Bertz CT molecular complexity index is 2780. The first-order chi connectivity index (χ1) is 21.8. The minimum atomic E-state index is 0.654. The van der Waals surface area contributed by atoms with Gasteiger partial charge in [-0.3, -0.25) is 9.55 Å². The van der Waals surface area contributed by atoms with Gasteiger partial charge in [0.25, 0.3) is 0 Å². The molecule has 0 saturated heterocycles. The molecule has 44 heavy (non-hydrogen) atoms. The van der Waals surface area contributed by atoms with Crippen molar-refractivity contribution in [1.82, 2.24) is 19.5 Å². The Morgan fingerprint density at radius 1 is 0.523 bits per heavy atom. The summed E-state index contributed by atoms with van der Waals surface area (Å²) in [5.74, 6) is 0.654. The minimum absolute atomic E-state index is 0.654. The fraction of sp³-hybridized carbons (Fsp3) is 0. The normalized spacial score (nSPS) is 12.1. The van der Waals surface area contributed by atoms with Crippen LogP contribution in [-0.4, -0.2) is 19.5 Å². The molecule has 0 spiro atoms. The van der Waals surface area contributed by atoms with Crippen LogP contribution in [-0.2, 0) is 0 Å². The van der Waals surface area contributed by atoms with Crippen LogP contribution >= 0.6 is 11.3 Å². The van der Waals surface area contributed by atoms with E-state index in [-0.39, 0.29) is 0 Å². The third-order valence-electron chi connectivity index (χ3n) is 8.87. The number of hydrogen-bond acceptors (Lipinski definition) is 4. The van der Waals surface area contributed by atoms with E-state index in [2.05, 4.69) is 125 Å². The summed E-state index contributed by atoms with van der Waals surface area (Å²) >= 11 is 1.87. The molecular formula is C39H22N4S. The number of thiophene rings is 1. The predicted octanol–water partition coefficient (Wildman–Crippen LogP) is 10.5. The van der Waals surface area contributed by atoms with Gasteiger partial charge in [0.15, 0.2) is 0 Å². The van der Waals surface area contributed by atoms with E-state index in [1.165, 1.54) is 41.7 Å². The van der Waals surface area contributed by atoms with Crippen LogP contribution in [0.15, 0.2) is 134 Å². The van der Waals surface area contributed by atoms with E-state index < -0.39 is 0 Å². The SMILES string of the molecule is c1cncc(-c2nc(-n3c4ccccc4c4cc5c(ccc6c7ccccc7sc56)cc43)nc3c2ccc2ccccc23)c1. The van der Waals surface area contributed by atoms with E-state index in [9.17, 15) is 0 Å². The average Bonchev–Trinajstić information content (AvgIpc) is 3.63. The summed E-state index contributed by atoms with van der Waals surface area (Å²) in [7, 11) is 0. The van der Waals surface area contributed by atoms with Gasteiger partial charge in [-0.25, -0.2) is 9.97 Å². The molecule has 4 heterocycles. The first kappa shape index (κ1) is 23.9. The Balaban J connectivity index is 1.35. The molecule has 10 aromatic rings. The van der Waals surface area contributed by atoms with E-state index in [0.29, 0.717) is 5.95 Å². The van der Waals surface area contributed by atoms with Gasteiger partial charge < -0.3 is 0 Å². The topological polar surface area (TPSA) is 43.6 Å². The molecule has 0 aliphatic rings. The van der Waals surface area contributed by atoms with Gasteiger partial charge in [0.1, 0.15) is 0 Å². The predicted molar refractivity (Wildman–Crippen MR) is 185 cm³/mol. The second kappa shape index (κ2) is 8.93. The molecule has 204 valence electrons. The van der Waals surface area contributed by atoms with E-state index >= 15 is 0 Å². The largest absolute Gasteiger partial charge is 0.278 e. The Kier molecular flexibility index (Phi) is 4.84. The highest BCUT2D eigenvalue weighted by Gasteiger charge is 2.20. The van der Waals surface area contributed by atoms with Gasteiger partial charge in [0.05, 0.1) is 22.2 Å². The summed E-state index contributed by atoms with van der Waals surface area (Å²) < 4.78 is 4.88. The molecule has 0 radical (unpaired) electrons. The molecule has 0 atom stereocenters. The fourth-order valence-electron chi connectivity index (χ4n) is 6.86. The molecule has 0 bridgehead atoms. The first-order valence-corrected chi connectivity index (χ1v) is 15.5. The lowest BCUT2D eigenvalue weighted by Gasteiger charge is -2.13. The zero-order valence-corrected chi connectivity index (χ0v) is 24.2. The molecule has 10 rings (SSSR count). The molecule has 0 aliphatic carbocycles. The highest BCUT2D eigenvalue weighted by Crippen LogP contribution is 2.42. The minimum Gasteiger partial charge on any atom is -0.278 e. The van der Waals surface area contributed by atoms with Crippen molar-refractivity contribution >= 4 is 85.8 Å².